The molecule has 0 saturated carbocycles. The summed E-state index contributed by atoms with van der Waals surface area (Å²) in [6, 6.07) is -0.948. The first-order valence-corrected chi connectivity index (χ1v) is 6.97. The number of hydrogen-bond donors (Lipinski definition) is 2. The van der Waals surface area contributed by atoms with Crippen LogP contribution in [0, 0.1) is 0 Å². The Labute approximate surface area is 96.6 Å². The molecule has 16 heavy (non-hydrogen) atoms. The van der Waals surface area contributed by atoms with Crippen molar-refractivity contribution in [3.8, 4) is 0 Å². The Morgan fingerprint density at radius 3 is 2.56 bits per heavy atom. The van der Waals surface area contributed by atoms with Crippen LogP contribution >= 0.6 is 0 Å². The Balaban J connectivity index is 3.99. The lowest BCUT2D eigenvalue weighted by Gasteiger charge is -2.11. The minimum Gasteiger partial charge on any atom is -0.465 e. The minimum atomic E-state index is -3.33. The molecule has 0 spiro atoms. The van der Waals surface area contributed by atoms with Crippen LogP contribution < -0.4 is 10.5 Å². The Hall–Kier alpha value is -0.660. The van der Waals surface area contributed by atoms with Crippen LogP contribution in [-0.4, -0.2) is 39.3 Å². The number of nitrogens with one attached hydrogen (secondary N) is 1. The third-order valence-electron chi connectivity index (χ3n) is 1.88. The van der Waals surface area contributed by atoms with Gasteiger partial charge in [0.15, 0.2) is 0 Å². The molecule has 0 heterocycles. The van der Waals surface area contributed by atoms with Crippen molar-refractivity contribution in [1.82, 2.24) is 4.72 Å². The van der Waals surface area contributed by atoms with Gasteiger partial charge in [0, 0.05) is 6.54 Å². The van der Waals surface area contributed by atoms with Crippen LogP contribution in [0.1, 0.15) is 26.7 Å². The van der Waals surface area contributed by atoms with Gasteiger partial charge in [0.1, 0.15) is 6.04 Å². The highest BCUT2D eigenvalue weighted by Gasteiger charge is 2.17. The van der Waals surface area contributed by atoms with Gasteiger partial charge >= 0.3 is 5.97 Å². The van der Waals surface area contributed by atoms with E-state index in [0.29, 0.717) is 6.42 Å². The van der Waals surface area contributed by atoms with E-state index in [1.54, 1.807) is 6.92 Å². The van der Waals surface area contributed by atoms with E-state index in [1.807, 2.05) is 6.92 Å². The molecule has 0 amide bonds. The van der Waals surface area contributed by atoms with Crippen molar-refractivity contribution in [2.75, 3.05) is 18.9 Å². The van der Waals surface area contributed by atoms with Crippen LogP contribution in [0.15, 0.2) is 0 Å². The molecule has 0 aromatic carbocycles. The summed E-state index contributed by atoms with van der Waals surface area (Å²) >= 11 is 0. The van der Waals surface area contributed by atoms with E-state index < -0.39 is 22.0 Å². The number of rotatable bonds is 8. The fourth-order valence-electron chi connectivity index (χ4n) is 0.956. The number of ether oxygens (including phenoxy) is 1. The van der Waals surface area contributed by atoms with E-state index in [2.05, 4.69) is 9.46 Å². The topological polar surface area (TPSA) is 98.5 Å². The Morgan fingerprint density at radius 2 is 2.06 bits per heavy atom. The monoisotopic (exact) mass is 252 g/mol. The molecule has 6 nitrogen and oxygen atoms in total. The van der Waals surface area contributed by atoms with Gasteiger partial charge in [-0.1, -0.05) is 13.3 Å². The molecule has 3 N–H and O–H groups in total. The molecule has 0 aliphatic carbocycles. The van der Waals surface area contributed by atoms with E-state index in [9.17, 15) is 13.2 Å². The SMILES string of the molecule is CCCCS(=O)(=O)NC[C@H](N)C(=O)OCC. The largest absolute Gasteiger partial charge is 0.465 e. The fraction of sp³-hybridized carbons (Fsp3) is 0.889. The van der Waals surface area contributed by atoms with Crippen LogP contribution in [0.5, 0.6) is 0 Å². The van der Waals surface area contributed by atoms with Crippen LogP contribution in [0.2, 0.25) is 0 Å². The average Bonchev–Trinajstić information content (AvgIpc) is 2.23. The summed E-state index contributed by atoms with van der Waals surface area (Å²) in [5, 5.41) is 0. The lowest BCUT2D eigenvalue weighted by molar-refractivity contribution is -0.144. The molecule has 7 heteroatoms. The normalized spacial score (nSPS) is 13.4. The van der Waals surface area contributed by atoms with E-state index in [-0.39, 0.29) is 18.9 Å². The highest BCUT2D eigenvalue weighted by atomic mass is 32.2. The second kappa shape index (κ2) is 7.59. The van der Waals surface area contributed by atoms with Gasteiger partial charge in [-0.2, -0.15) is 0 Å². The molecule has 0 bridgehead atoms. The summed E-state index contributed by atoms with van der Waals surface area (Å²) in [5.74, 6) is -0.542. The lowest BCUT2D eigenvalue weighted by Crippen LogP contribution is -2.43. The number of unbranched alkanes of at least 4 members (excludes halogenated alkanes) is 1. The molecule has 0 aliphatic rings. The van der Waals surface area contributed by atoms with Crippen molar-refractivity contribution in [2.24, 2.45) is 5.73 Å². The Morgan fingerprint density at radius 1 is 1.44 bits per heavy atom. The molecule has 0 aromatic rings. The molecule has 0 unspecified atom stereocenters. The standard InChI is InChI=1S/C9H20N2O4S/c1-3-5-6-16(13,14)11-7-8(10)9(12)15-4-2/h8,11H,3-7,10H2,1-2H3/t8-/m0/s1. The summed E-state index contributed by atoms with van der Waals surface area (Å²) in [6.45, 7) is 3.68. The van der Waals surface area contributed by atoms with Crippen LogP contribution in [0.4, 0.5) is 0 Å². The lowest BCUT2D eigenvalue weighted by atomic mass is 10.3. The van der Waals surface area contributed by atoms with E-state index in [1.165, 1.54) is 0 Å². The molecule has 0 aromatic heterocycles. The maximum absolute atomic E-state index is 11.4. The van der Waals surface area contributed by atoms with Crippen LogP contribution in [-0.2, 0) is 19.6 Å². The highest BCUT2D eigenvalue weighted by Crippen LogP contribution is 1.94. The number of hydrogen-bond acceptors (Lipinski definition) is 5. The van der Waals surface area contributed by atoms with Crippen LogP contribution in [0.3, 0.4) is 0 Å². The molecule has 0 aliphatic heterocycles. The van der Waals surface area contributed by atoms with Crippen molar-refractivity contribution in [1.29, 1.82) is 0 Å². The van der Waals surface area contributed by atoms with Gasteiger partial charge in [-0.3, -0.25) is 4.79 Å². The fourth-order valence-corrected chi connectivity index (χ4v) is 2.20. The second-order valence-corrected chi connectivity index (χ2v) is 5.31. The third kappa shape index (κ3) is 6.76. The molecular formula is C9H20N2O4S. The molecule has 96 valence electrons. The number of nitrogens with two attached hydrogens (primary N) is 1. The van der Waals surface area contributed by atoms with Crippen molar-refractivity contribution in [3.05, 3.63) is 0 Å². The predicted molar refractivity (Wildman–Crippen MR) is 61.3 cm³/mol. The molecule has 0 radical (unpaired) electrons. The zero-order valence-electron chi connectivity index (χ0n) is 9.73. The quantitative estimate of drug-likeness (QED) is 0.572. The Kier molecular flexibility index (Phi) is 7.27. The average molecular weight is 252 g/mol. The van der Waals surface area contributed by atoms with Gasteiger partial charge in [0.25, 0.3) is 0 Å². The first kappa shape index (κ1) is 15.3. The zero-order valence-corrected chi connectivity index (χ0v) is 10.5. The first-order valence-electron chi connectivity index (χ1n) is 5.32. The van der Waals surface area contributed by atoms with Gasteiger partial charge in [-0.05, 0) is 13.3 Å². The van der Waals surface area contributed by atoms with E-state index >= 15 is 0 Å². The molecule has 1 atom stereocenters. The summed E-state index contributed by atoms with van der Waals surface area (Å²) in [5.41, 5.74) is 5.44. The van der Waals surface area contributed by atoms with Crippen molar-refractivity contribution in [2.45, 2.75) is 32.7 Å². The first-order chi connectivity index (χ1) is 7.43. The van der Waals surface area contributed by atoms with Crippen molar-refractivity contribution < 1.29 is 17.9 Å². The van der Waals surface area contributed by atoms with Crippen molar-refractivity contribution >= 4 is 16.0 Å². The Bertz CT molecular complexity index is 303. The molecule has 0 rings (SSSR count). The van der Waals surface area contributed by atoms with Crippen molar-refractivity contribution in [3.63, 3.8) is 0 Å². The van der Waals surface area contributed by atoms with E-state index in [0.717, 1.165) is 6.42 Å². The smallest absolute Gasteiger partial charge is 0.324 e. The van der Waals surface area contributed by atoms with Gasteiger partial charge in [-0.25, -0.2) is 13.1 Å². The summed E-state index contributed by atoms with van der Waals surface area (Å²) in [4.78, 5) is 11.1. The highest BCUT2D eigenvalue weighted by molar-refractivity contribution is 7.89. The number of esters is 1. The number of carbonyl (C=O) groups is 1. The van der Waals surface area contributed by atoms with Gasteiger partial charge in [-0.15, -0.1) is 0 Å². The maximum atomic E-state index is 11.4. The van der Waals surface area contributed by atoms with Gasteiger partial charge < -0.3 is 10.5 Å². The number of carbonyl (C=O) groups excluding carboxylic acids is 1. The minimum absolute atomic E-state index is 0.0546. The van der Waals surface area contributed by atoms with Crippen LogP contribution in [0.25, 0.3) is 0 Å². The van der Waals surface area contributed by atoms with E-state index in [4.69, 9.17) is 5.73 Å². The summed E-state index contributed by atoms with van der Waals surface area (Å²) in [6.07, 6.45) is 1.38. The summed E-state index contributed by atoms with van der Waals surface area (Å²) < 4.78 is 29.6. The summed E-state index contributed by atoms with van der Waals surface area (Å²) in [7, 11) is -3.33. The maximum Gasteiger partial charge on any atom is 0.324 e. The third-order valence-corrected chi connectivity index (χ3v) is 3.31. The predicted octanol–water partition coefficient (Wildman–Crippen LogP) is -0.404. The zero-order chi connectivity index (χ0) is 12.6. The molecule has 0 saturated heterocycles. The second-order valence-electron chi connectivity index (χ2n) is 3.38. The molecular weight excluding hydrogens is 232 g/mol. The van der Waals surface area contributed by atoms with Gasteiger partial charge in [0.2, 0.25) is 10.0 Å². The number of sulfonamides is 1. The van der Waals surface area contributed by atoms with Gasteiger partial charge in [0.05, 0.1) is 12.4 Å². The molecule has 0 fully saturated rings.